The van der Waals surface area contributed by atoms with Gasteiger partial charge in [-0.05, 0) is 43.9 Å². The fourth-order valence-corrected chi connectivity index (χ4v) is 2.20. The summed E-state index contributed by atoms with van der Waals surface area (Å²) in [5, 5.41) is 11.9. The topological polar surface area (TPSA) is 66.4 Å². The predicted molar refractivity (Wildman–Crippen MR) is 89.7 cm³/mol. The van der Waals surface area contributed by atoms with Gasteiger partial charge in [-0.2, -0.15) is 0 Å². The molecular weight excluding hydrogens is 290 g/mol. The van der Waals surface area contributed by atoms with E-state index < -0.39 is 5.97 Å². The predicted octanol–water partition coefficient (Wildman–Crippen LogP) is 3.66. The van der Waals surface area contributed by atoms with E-state index in [0.717, 1.165) is 19.3 Å². The Morgan fingerprint density at radius 2 is 1.61 bits per heavy atom. The lowest BCUT2D eigenvalue weighted by Crippen LogP contribution is -2.39. The zero-order valence-electron chi connectivity index (χ0n) is 13.2. The summed E-state index contributed by atoms with van der Waals surface area (Å²) in [4.78, 5) is 22.8. The van der Waals surface area contributed by atoms with Crippen molar-refractivity contribution in [2.45, 2.75) is 32.2 Å². The van der Waals surface area contributed by atoms with Gasteiger partial charge in [0.15, 0.2) is 0 Å². The quantitative estimate of drug-likeness (QED) is 0.909. The maximum atomic E-state index is 11.8. The zero-order valence-corrected chi connectivity index (χ0v) is 13.2. The molecule has 0 unspecified atom stereocenters. The standard InChI is InChI=1S/C13H15NO3.C6H6/c1-8-5-6-9(7-11(8)13(16)17)12(15)14-10-3-2-4-10;1-2-4-6-5-3-1/h5-7,10H,2-4H2,1H3,(H,14,15)(H,16,17);1-6H. The van der Waals surface area contributed by atoms with E-state index in [2.05, 4.69) is 5.32 Å². The number of aromatic carboxylic acids is 1. The number of carbonyl (C=O) groups excluding carboxylic acids is 1. The molecule has 4 heteroatoms. The molecule has 0 spiro atoms. The number of carboxylic acid groups (broad SMARTS) is 1. The summed E-state index contributed by atoms with van der Waals surface area (Å²) in [7, 11) is 0. The smallest absolute Gasteiger partial charge is 0.335 e. The molecule has 23 heavy (non-hydrogen) atoms. The highest BCUT2D eigenvalue weighted by atomic mass is 16.4. The maximum absolute atomic E-state index is 11.8. The third kappa shape index (κ3) is 4.95. The van der Waals surface area contributed by atoms with E-state index in [1.807, 2.05) is 36.4 Å². The number of aryl methyl sites for hydroxylation is 1. The molecule has 2 aromatic rings. The molecule has 3 rings (SSSR count). The summed E-state index contributed by atoms with van der Waals surface area (Å²) in [6, 6.07) is 17.0. The van der Waals surface area contributed by atoms with Crippen molar-refractivity contribution in [3.8, 4) is 0 Å². The van der Waals surface area contributed by atoms with Crippen LogP contribution in [0.25, 0.3) is 0 Å². The largest absolute Gasteiger partial charge is 0.478 e. The first-order valence-electron chi connectivity index (χ1n) is 7.73. The fourth-order valence-electron chi connectivity index (χ4n) is 2.20. The van der Waals surface area contributed by atoms with E-state index in [1.54, 1.807) is 19.1 Å². The third-order valence-electron chi connectivity index (χ3n) is 3.84. The first-order valence-corrected chi connectivity index (χ1v) is 7.73. The van der Waals surface area contributed by atoms with Crippen molar-refractivity contribution >= 4 is 11.9 Å². The van der Waals surface area contributed by atoms with Gasteiger partial charge in [0, 0.05) is 11.6 Å². The molecule has 1 saturated carbocycles. The molecule has 0 bridgehead atoms. The van der Waals surface area contributed by atoms with Gasteiger partial charge >= 0.3 is 5.97 Å². The minimum atomic E-state index is -0.999. The van der Waals surface area contributed by atoms with E-state index in [-0.39, 0.29) is 17.5 Å². The van der Waals surface area contributed by atoms with E-state index in [9.17, 15) is 9.59 Å². The van der Waals surface area contributed by atoms with Crippen molar-refractivity contribution in [1.82, 2.24) is 5.32 Å². The molecule has 0 heterocycles. The van der Waals surface area contributed by atoms with E-state index in [4.69, 9.17) is 5.11 Å². The van der Waals surface area contributed by atoms with E-state index in [1.165, 1.54) is 6.07 Å². The van der Waals surface area contributed by atoms with Gasteiger partial charge < -0.3 is 10.4 Å². The molecule has 2 aromatic carbocycles. The molecule has 0 aliphatic heterocycles. The molecule has 0 aromatic heterocycles. The summed E-state index contributed by atoms with van der Waals surface area (Å²) >= 11 is 0. The first kappa shape index (κ1) is 16.7. The number of hydrogen-bond donors (Lipinski definition) is 2. The van der Waals surface area contributed by atoms with Crippen LogP contribution >= 0.6 is 0 Å². The van der Waals surface area contributed by atoms with Crippen molar-refractivity contribution in [3.63, 3.8) is 0 Å². The molecule has 1 amide bonds. The highest BCUT2D eigenvalue weighted by molar-refractivity contribution is 5.98. The first-order chi connectivity index (χ1) is 11.1. The van der Waals surface area contributed by atoms with Crippen LogP contribution in [-0.2, 0) is 0 Å². The van der Waals surface area contributed by atoms with Crippen LogP contribution in [0.3, 0.4) is 0 Å². The summed E-state index contributed by atoms with van der Waals surface area (Å²) in [5.41, 5.74) is 1.27. The van der Waals surface area contributed by atoms with Gasteiger partial charge in [-0.25, -0.2) is 4.79 Å². The maximum Gasteiger partial charge on any atom is 0.335 e. The second-order valence-corrected chi connectivity index (χ2v) is 5.59. The molecule has 2 N–H and O–H groups in total. The third-order valence-corrected chi connectivity index (χ3v) is 3.84. The number of hydrogen-bond acceptors (Lipinski definition) is 2. The van der Waals surface area contributed by atoms with Crippen molar-refractivity contribution in [2.24, 2.45) is 0 Å². The van der Waals surface area contributed by atoms with Crippen molar-refractivity contribution in [2.75, 3.05) is 0 Å². The molecule has 0 saturated heterocycles. The Labute approximate surface area is 136 Å². The summed E-state index contributed by atoms with van der Waals surface area (Å²) in [5.74, 6) is -1.18. The van der Waals surface area contributed by atoms with Crippen LogP contribution in [0.15, 0.2) is 54.6 Å². The zero-order chi connectivity index (χ0) is 16.7. The Bertz CT molecular complexity index is 637. The minimum absolute atomic E-state index is 0.183. The van der Waals surface area contributed by atoms with Gasteiger partial charge in [0.25, 0.3) is 5.91 Å². The molecule has 4 nitrogen and oxygen atoms in total. The molecular formula is C19H21NO3. The molecule has 1 aliphatic carbocycles. The lowest BCUT2D eigenvalue weighted by Gasteiger charge is -2.26. The number of benzene rings is 2. The van der Waals surface area contributed by atoms with Crippen LogP contribution in [0, 0.1) is 6.92 Å². The Kier molecular flexibility index (Phi) is 5.92. The van der Waals surface area contributed by atoms with Gasteiger partial charge in [0.2, 0.25) is 0 Å². The minimum Gasteiger partial charge on any atom is -0.478 e. The molecule has 120 valence electrons. The number of rotatable bonds is 3. The fraction of sp³-hybridized carbons (Fsp3) is 0.263. The molecule has 0 atom stereocenters. The molecule has 0 radical (unpaired) electrons. The van der Waals surface area contributed by atoms with Crippen LogP contribution in [0.5, 0.6) is 0 Å². The number of carbonyl (C=O) groups is 2. The van der Waals surface area contributed by atoms with Crippen LogP contribution in [0.1, 0.15) is 45.5 Å². The second kappa shape index (κ2) is 8.13. The normalized spacial score (nSPS) is 13.3. The van der Waals surface area contributed by atoms with Crippen molar-refractivity contribution in [1.29, 1.82) is 0 Å². The van der Waals surface area contributed by atoms with E-state index >= 15 is 0 Å². The number of carboxylic acids is 1. The highest BCUT2D eigenvalue weighted by Crippen LogP contribution is 2.19. The highest BCUT2D eigenvalue weighted by Gasteiger charge is 2.20. The summed E-state index contributed by atoms with van der Waals surface area (Å²) in [6.07, 6.45) is 3.19. The Morgan fingerprint density at radius 1 is 1.04 bits per heavy atom. The Morgan fingerprint density at radius 3 is 2.04 bits per heavy atom. The van der Waals surface area contributed by atoms with E-state index in [0.29, 0.717) is 11.1 Å². The van der Waals surface area contributed by atoms with Crippen LogP contribution in [0.4, 0.5) is 0 Å². The van der Waals surface area contributed by atoms with Gasteiger partial charge in [-0.15, -0.1) is 0 Å². The van der Waals surface area contributed by atoms with Crippen LogP contribution in [-0.4, -0.2) is 23.0 Å². The average molecular weight is 311 g/mol. The molecule has 1 fully saturated rings. The van der Waals surface area contributed by atoms with Crippen LogP contribution < -0.4 is 5.32 Å². The lowest BCUT2D eigenvalue weighted by atomic mass is 9.93. The van der Waals surface area contributed by atoms with Crippen molar-refractivity contribution < 1.29 is 14.7 Å². The average Bonchev–Trinajstić information content (AvgIpc) is 2.53. The van der Waals surface area contributed by atoms with Gasteiger partial charge in [0.05, 0.1) is 5.56 Å². The molecule has 1 aliphatic rings. The van der Waals surface area contributed by atoms with Gasteiger partial charge in [-0.1, -0.05) is 42.5 Å². The lowest BCUT2D eigenvalue weighted by molar-refractivity contribution is 0.0696. The number of nitrogens with one attached hydrogen (secondary N) is 1. The summed E-state index contributed by atoms with van der Waals surface area (Å²) < 4.78 is 0. The van der Waals surface area contributed by atoms with Gasteiger partial charge in [-0.3, -0.25) is 4.79 Å². The number of amides is 1. The van der Waals surface area contributed by atoms with Crippen molar-refractivity contribution in [3.05, 3.63) is 71.3 Å². The second-order valence-electron chi connectivity index (χ2n) is 5.59. The van der Waals surface area contributed by atoms with Crippen LogP contribution in [0.2, 0.25) is 0 Å². The Balaban J connectivity index is 0.000000268. The Hall–Kier alpha value is -2.62. The van der Waals surface area contributed by atoms with Gasteiger partial charge in [0.1, 0.15) is 0 Å². The monoisotopic (exact) mass is 311 g/mol. The SMILES string of the molecule is Cc1ccc(C(=O)NC2CCC2)cc1C(=O)O.c1ccccc1. The summed E-state index contributed by atoms with van der Waals surface area (Å²) in [6.45, 7) is 1.72.